The first-order valence-electron chi connectivity index (χ1n) is 7.73. The van der Waals surface area contributed by atoms with Crippen LogP contribution < -0.4 is 0 Å². The molecule has 0 saturated carbocycles. The average Bonchev–Trinajstić information content (AvgIpc) is 2.51. The largest absolute Gasteiger partial charge is 0.340 e. The molecular formula is C16H25N3O3S. The maximum absolute atomic E-state index is 12.4. The molecule has 0 N–H and O–H groups in total. The maximum atomic E-state index is 12.4. The predicted octanol–water partition coefficient (Wildman–Crippen LogP) is 0.797. The Labute approximate surface area is 138 Å². The van der Waals surface area contributed by atoms with E-state index in [0.717, 1.165) is 5.56 Å². The van der Waals surface area contributed by atoms with Crippen LogP contribution in [0.4, 0.5) is 0 Å². The molecule has 0 unspecified atom stereocenters. The lowest BCUT2D eigenvalue weighted by molar-refractivity contribution is -0.131. The van der Waals surface area contributed by atoms with E-state index in [2.05, 4.69) is 0 Å². The molecule has 2 rings (SSSR count). The molecule has 7 heteroatoms. The van der Waals surface area contributed by atoms with Crippen molar-refractivity contribution in [1.29, 1.82) is 0 Å². The lowest BCUT2D eigenvalue weighted by Gasteiger charge is -2.35. The highest BCUT2D eigenvalue weighted by Gasteiger charge is 2.30. The van der Waals surface area contributed by atoms with Crippen molar-refractivity contribution in [1.82, 2.24) is 13.5 Å². The Hall–Kier alpha value is -1.44. The van der Waals surface area contributed by atoms with Gasteiger partial charge in [-0.1, -0.05) is 18.2 Å². The third-order valence-electron chi connectivity index (χ3n) is 4.31. The maximum Gasteiger partial charge on any atom is 0.281 e. The van der Waals surface area contributed by atoms with Crippen LogP contribution >= 0.6 is 0 Å². The number of benzene rings is 1. The summed E-state index contributed by atoms with van der Waals surface area (Å²) in [5, 5.41) is 0. The number of aryl methyl sites for hydroxylation is 2. The highest BCUT2D eigenvalue weighted by Crippen LogP contribution is 2.14. The fourth-order valence-electron chi connectivity index (χ4n) is 2.60. The van der Waals surface area contributed by atoms with Gasteiger partial charge in [-0.05, 0) is 30.5 Å². The molecule has 0 aromatic heterocycles. The van der Waals surface area contributed by atoms with Crippen molar-refractivity contribution in [3.8, 4) is 0 Å². The van der Waals surface area contributed by atoms with Crippen LogP contribution in [0.2, 0.25) is 0 Å². The number of piperazine rings is 1. The summed E-state index contributed by atoms with van der Waals surface area (Å²) in [4.78, 5) is 14.1. The molecule has 23 heavy (non-hydrogen) atoms. The van der Waals surface area contributed by atoms with E-state index in [-0.39, 0.29) is 5.91 Å². The lowest BCUT2D eigenvalue weighted by Crippen LogP contribution is -2.53. The highest BCUT2D eigenvalue weighted by molar-refractivity contribution is 7.86. The molecule has 6 nitrogen and oxygen atoms in total. The van der Waals surface area contributed by atoms with Gasteiger partial charge in [0.15, 0.2) is 0 Å². The van der Waals surface area contributed by atoms with Gasteiger partial charge < -0.3 is 4.90 Å². The molecule has 1 saturated heterocycles. The number of carbonyl (C=O) groups is 1. The smallest absolute Gasteiger partial charge is 0.281 e. The zero-order valence-electron chi connectivity index (χ0n) is 14.2. The third-order valence-corrected chi connectivity index (χ3v) is 6.25. The van der Waals surface area contributed by atoms with Crippen molar-refractivity contribution in [2.24, 2.45) is 0 Å². The SMILES string of the molecule is Cc1ccc(CC(=O)N2CCN(S(=O)(=O)N(C)C)CC2)cc1C. The number of hydrogen-bond acceptors (Lipinski definition) is 3. The molecule has 0 bridgehead atoms. The Morgan fingerprint density at radius 3 is 2.22 bits per heavy atom. The van der Waals surface area contributed by atoms with E-state index in [1.807, 2.05) is 32.0 Å². The summed E-state index contributed by atoms with van der Waals surface area (Å²) in [6, 6.07) is 6.05. The number of rotatable bonds is 4. The van der Waals surface area contributed by atoms with Gasteiger partial charge in [-0.3, -0.25) is 4.79 Å². The lowest BCUT2D eigenvalue weighted by atomic mass is 10.0. The van der Waals surface area contributed by atoms with Crippen LogP contribution in [0.25, 0.3) is 0 Å². The summed E-state index contributed by atoms with van der Waals surface area (Å²) in [6.07, 6.45) is 0.363. The molecular weight excluding hydrogens is 314 g/mol. The first kappa shape index (κ1) is 17.9. The topological polar surface area (TPSA) is 60.9 Å². The first-order chi connectivity index (χ1) is 10.7. The average molecular weight is 339 g/mol. The van der Waals surface area contributed by atoms with Crippen LogP contribution in [-0.4, -0.2) is 68.1 Å². The Balaban J connectivity index is 1.95. The summed E-state index contributed by atoms with van der Waals surface area (Å²) in [5.74, 6) is 0.0511. The Bertz CT molecular complexity index is 678. The van der Waals surface area contributed by atoms with Gasteiger partial charge in [0.25, 0.3) is 10.2 Å². The van der Waals surface area contributed by atoms with Crippen molar-refractivity contribution < 1.29 is 13.2 Å². The molecule has 1 fully saturated rings. The van der Waals surface area contributed by atoms with Gasteiger partial charge in [0.2, 0.25) is 5.91 Å². The molecule has 1 aromatic rings. The first-order valence-corrected chi connectivity index (χ1v) is 9.13. The zero-order chi connectivity index (χ0) is 17.2. The van der Waals surface area contributed by atoms with Crippen molar-refractivity contribution in [2.45, 2.75) is 20.3 Å². The molecule has 1 aliphatic heterocycles. The zero-order valence-corrected chi connectivity index (χ0v) is 15.1. The quantitative estimate of drug-likeness (QED) is 0.815. The van der Waals surface area contributed by atoms with Gasteiger partial charge in [-0.15, -0.1) is 0 Å². The Kier molecular flexibility index (Phi) is 5.44. The van der Waals surface area contributed by atoms with Gasteiger partial charge in [-0.25, -0.2) is 0 Å². The molecule has 0 radical (unpaired) electrons. The molecule has 1 aromatic carbocycles. The molecule has 0 atom stereocenters. The molecule has 128 valence electrons. The Morgan fingerprint density at radius 2 is 1.70 bits per heavy atom. The fourth-order valence-corrected chi connectivity index (χ4v) is 3.69. The molecule has 0 spiro atoms. The van der Waals surface area contributed by atoms with Crippen molar-refractivity contribution in [3.05, 3.63) is 34.9 Å². The van der Waals surface area contributed by atoms with Crippen molar-refractivity contribution >= 4 is 16.1 Å². The summed E-state index contributed by atoms with van der Waals surface area (Å²) in [5.41, 5.74) is 3.39. The van der Waals surface area contributed by atoms with E-state index in [1.54, 1.807) is 4.90 Å². The van der Waals surface area contributed by atoms with Gasteiger partial charge in [0, 0.05) is 40.3 Å². The van der Waals surface area contributed by atoms with Crippen LogP contribution in [0, 0.1) is 13.8 Å². The molecule has 1 aliphatic rings. The van der Waals surface area contributed by atoms with E-state index >= 15 is 0 Å². The van der Waals surface area contributed by atoms with Crippen LogP contribution in [0.1, 0.15) is 16.7 Å². The van der Waals surface area contributed by atoms with Gasteiger partial charge >= 0.3 is 0 Å². The normalized spacial score (nSPS) is 16.8. The van der Waals surface area contributed by atoms with Crippen LogP contribution in [0.5, 0.6) is 0 Å². The fraction of sp³-hybridized carbons (Fsp3) is 0.562. The second-order valence-corrected chi connectivity index (χ2v) is 8.31. The van der Waals surface area contributed by atoms with Gasteiger partial charge in [0.1, 0.15) is 0 Å². The predicted molar refractivity (Wildman–Crippen MR) is 90.4 cm³/mol. The number of carbonyl (C=O) groups excluding carboxylic acids is 1. The minimum atomic E-state index is -3.39. The standard InChI is InChI=1S/C16H25N3O3S/c1-13-5-6-15(11-14(13)2)12-16(20)18-7-9-19(10-8-18)23(21,22)17(3)4/h5-6,11H,7-10,12H2,1-4H3. The second-order valence-electron chi connectivity index (χ2n) is 6.17. The summed E-state index contributed by atoms with van der Waals surface area (Å²) in [7, 11) is -0.349. The Morgan fingerprint density at radius 1 is 1.09 bits per heavy atom. The molecule has 1 amide bonds. The van der Waals surface area contributed by atoms with E-state index in [0.29, 0.717) is 32.6 Å². The second kappa shape index (κ2) is 6.98. The highest BCUT2D eigenvalue weighted by atomic mass is 32.2. The monoisotopic (exact) mass is 339 g/mol. The molecule has 1 heterocycles. The molecule has 0 aliphatic carbocycles. The van der Waals surface area contributed by atoms with E-state index in [9.17, 15) is 13.2 Å². The number of amides is 1. The van der Waals surface area contributed by atoms with E-state index in [4.69, 9.17) is 0 Å². The third kappa shape index (κ3) is 4.10. The van der Waals surface area contributed by atoms with E-state index < -0.39 is 10.2 Å². The van der Waals surface area contributed by atoms with Gasteiger partial charge in [0.05, 0.1) is 6.42 Å². The minimum absolute atomic E-state index is 0.0511. The van der Waals surface area contributed by atoms with Gasteiger partial charge in [-0.2, -0.15) is 17.0 Å². The van der Waals surface area contributed by atoms with Crippen LogP contribution in [0.15, 0.2) is 18.2 Å². The van der Waals surface area contributed by atoms with E-state index in [1.165, 1.54) is 33.8 Å². The van der Waals surface area contributed by atoms with Crippen molar-refractivity contribution in [2.75, 3.05) is 40.3 Å². The van der Waals surface area contributed by atoms with Crippen LogP contribution in [0.3, 0.4) is 0 Å². The van der Waals surface area contributed by atoms with Crippen LogP contribution in [-0.2, 0) is 21.4 Å². The van der Waals surface area contributed by atoms with Crippen molar-refractivity contribution in [3.63, 3.8) is 0 Å². The summed E-state index contributed by atoms with van der Waals surface area (Å²) < 4.78 is 26.8. The number of nitrogens with zero attached hydrogens (tertiary/aromatic N) is 3. The number of hydrogen-bond donors (Lipinski definition) is 0. The summed E-state index contributed by atoms with van der Waals surface area (Å²) >= 11 is 0. The summed E-state index contributed by atoms with van der Waals surface area (Å²) in [6.45, 7) is 5.66. The minimum Gasteiger partial charge on any atom is -0.340 e.